The van der Waals surface area contributed by atoms with Crippen LogP contribution in [0.5, 0.6) is 5.75 Å². The van der Waals surface area contributed by atoms with Gasteiger partial charge in [-0.25, -0.2) is 0 Å². The van der Waals surface area contributed by atoms with Crippen LogP contribution >= 0.6 is 11.3 Å². The Morgan fingerprint density at radius 2 is 2.09 bits per heavy atom. The first-order chi connectivity index (χ1) is 10.7. The summed E-state index contributed by atoms with van der Waals surface area (Å²) in [5, 5.41) is 14.1. The highest BCUT2D eigenvalue weighted by molar-refractivity contribution is 7.08. The molecule has 22 heavy (non-hydrogen) atoms. The highest BCUT2D eigenvalue weighted by Crippen LogP contribution is 2.22. The molecule has 2 heterocycles. The minimum absolute atomic E-state index is 0.0970. The average Bonchev–Trinajstić information content (AvgIpc) is 3.19. The van der Waals surface area contributed by atoms with Gasteiger partial charge in [-0.2, -0.15) is 11.3 Å². The maximum absolute atomic E-state index is 12.0. The molecule has 0 bridgehead atoms. The van der Waals surface area contributed by atoms with Crippen molar-refractivity contribution < 1.29 is 13.9 Å². The number of hydrogen-bond acceptors (Lipinski definition) is 6. The molecule has 7 heteroatoms. The van der Waals surface area contributed by atoms with Gasteiger partial charge < -0.3 is 9.15 Å². The second-order valence-electron chi connectivity index (χ2n) is 4.50. The summed E-state index contributed by atoms with van der Waals surface area (Å²) in [5.74, 6) is 0.924. The zero-order valence-electron chi connectivity index (χ0n) is 11.8. The molecule has 1 aromatic carbocycles. The van der Waals surface area contributed by atoms with Gasteiger partial charge in [0.1, 0.15) is 5.75 Å². The van der Waals surface area contributed by atoms with E-state index in [9.17, 15) is 4.79 Å². The van der Waals surface area contributed by atoms with Gasteiger partial charge in [0.15, 0.2) is 0 Å². The van der Waals surface area contributed by atoms with Crippen molar-refractivity contribution in [2.45, 2.75) is 6.42 Å². The fourth-order valence-electron chi connectivity index (χ4n) is 1.87. The van der Waals surface area contributed by atoms with E-state index in [4.69, 9.17) is 9.15 Å². The lowest BCUT2D eigenvalue weighted by Gasteiger charge is -2.03. The lowest BCUT2D eigenvalue weighted by atomic mass is 10.1. The van der Waals surface area contributed by atoms with E-state index in [0.717, 1.165) is 16.9 Å². The van der Waals surface area contributed by atoms with Crippen LogP contribution in [0.3, 0.4) is 0 Å². The number of carbonyl (C=O) groups is 1. The number of hydrogen-bond donors (Lipinski definition) is 1. The van der Waals surface area contributed by atoms with Crippen molar-refractivity contribution >= 4 is 23.3 Å². The van der Waals surface area contributed by atoms with Gasteiger partial charge >= 0.3 is 6.01 Å². The zero-order valence-corrected chi connectivity index (χ0v) is 12.6. The van der Waals surface area contributed by atoms with Crippen molar-refractivity contribution in [2.75, 3.05) is 12.4 Å². The van der Waals surface area contributed by atoms with Crippen molar-refractivity contribution in [3.05, 3.63) is 46.7 Å². The molecule has 1 amide bonds. The number of benzene rings is 1. The number of aromatic nitrogens is 2. The van der Waals surface area contributed by atoms with E-state index in [0.29, 0.717) is 5.89 Å². The van der Waals surface area contributed by atoms with Crippen LogP contribution in [0.4, 0.5) is 6.01 Å². The maximum Gasteiger partial charge on any atom is 0.322 e. The number of amides is 1. The molecule has 6 nitrogen and oxygen atoms in total. The Hall–Kier alpha value is -2.67. The summed E-state index contributed by atoms with van der Waals surface area (Å²) in [5.41, 5.74) is 1.71. The third-order valence-electron chi connectivity index (χ3n) is 2.96. The monoisotopic (exact) mass is 315 g/mol. The van der Waals surface area contributed by atoms with Crippen molar-refractivity contribution in [3.63, 3.8) is 0 Å². The minimum atomic E-state index is -0.217. The van der Waals surface area contributed by atoms with Crippen LogP contribution in [0.1, 0.15) is 5.56 Å². The molecule has 0 radical (unpaired) electrons. The fraction of sp³-hybridized carbons (Fsp3) is 0.133. The minimum Gasteiger partial charge on any atom is -0.497 e. The summed E-state index contributed by atoms with van der Waals surface area (Å²) in [6.07, 6.45) is 0.222. The number of nitrogens with zero attached hydrogens (tertiary/aromatic N) is 2. The molecule has 0 aliphatic heterocycles. The first-order valence-electron chi connectivity index (χ1n) is 6.53. The third kappa shape index (κ3) is 3.32. The van der Waals surface area contributed by atoms with Gasteiger partial charge in [0.25, 0.3) is 5.89 Å². The summed E-state index contributed by atoms with van der Waals surface area (Å²) in [7, 11) is 1.60. The fourth-order valence-corrected chi connectivity index (χ4v) is 2.50. The topological polar surface area (TPSA) is 77.2 Å². The quantitative estimate of drug-likeness (QED) is 0.783. The second-order valence-corrected chi connectivity index (χ2v) is 5.28. The standard InChI is InChI=1S/C15H13N3O3S/c1-20-12-4-2-10(3-5-12)8-13(19)16-15-18-17-14(21-15)11-6-7-22-9-11/h2-7,9H,8H2,1H3,(H,16,18,19). The molecule has 3 aromatic rings. The van der Waals surface area contributed by atoms with E-state index < -0.39 is 0 Å². The summed E-state index contributed by atoms with van der Waals surface area (Å²) in [6, 6.07) is 9.26. The molecule has 0 spiro atoms. The highest BCUT2D eigenvalue weighted by atomic mass is 32.1. The summed E-state index contributed by atoms with van der Waals surface area (Å²) < 4.78 is 10.5. The summed E-state index contributed by atoms with van der Waals surface area (Å²) >= 11 is 1.54. The van der Waals surface area contributed by atoms with Crippen molar-refractivity contribution in [1.82, 2.24) is 10.2 Å². The molecule has 0 fully saturated rings. The predicted octanol–water partition coefficient (Wildman–Crippen LogP) is 2.99. The molecular weight excluding hydrogens is 302 g/mol. The van der Waals surface area contributed by atoms with Gasteiger partial charge in [-0.15, -0.1) is 5.10 Å². The summed E-state index contributed by atoms with van der Waals surface area (Å²) in [4.78, 5) is 12.0. The second kappa shape index (κ2) is 6.40. The average molecular weight is 315 g/mol. The van der Waals surface area contributed by atoms with Gasteiger partial charge in [-0.3, -0.25) is 10.1 Å². The molecular formula is C15H13N3O3S. The van der Waals surface area contributed by atoms with Crippen molar-refractivity contribution in [1.29, 1.82) is 0 Å². The van der Waals surface area contributed by atoms with E-state index in [2.05, 4.69) is 15.5 Å². The smallest absolute Gasteiger partial charge is 0.322 e. The first-order valence-corrected chi connectivity index (χ1v) is 7.48. The molecule has 0 saturated heterocycles. The molecule has 2 aromatic heterocycles. The molecule has 0 saturated carbocycles. The van der Waals surface area contributed by atoms with Crippen molar-refractivity contribution in [3.8, 4) is 17.2 Å². The summed E-state index contributed by atoms with van der Waals surface area (Å²) in [6.45, 7) is 0. The molecule has 0 aliphatic carbocycles. The van der Waals surface area contributed by atoms with E-state index in [-0.39, 0.29) is 18.3 Å². The Morgan fingerprint density at radius 1 is 1.27 bits per heavy atom. The largest absolute Gasteiger partial charge is 0.497 e. The molecule has 1 N–H and O–H groups in total. The van der Waals surface area contributed by atoms with Crippen molar-refractivity contribution in [2.24, 2.45) is 0 Å². The van der Waals surface area contributed by atoms with Crippen LogP contribution in [0.2, 0.25) is 0 Å². The van der Waals surface area contributed by atoms with E-state index in [1.54, 1.807) is 7.11 Å². The predicted molar refractivity (Wildman–Crippen MR) is 82.9 cm³/mol. The number of anilines is 1. The maximum atomic E-state index is 12.0. The van der Waals surface area contributed by atoms with Gasteiger partial charge in [-0.1, -0.05) is 17.2 Å². The number of methoxy groups -OCH3 is 1. The highest BCUT2D eigenvalue weighted by Gasteiger charge is 2.12. The number of thiophene rings is 1. The van der Waals surface area contributed by atoms with Crippen LogP contribution in [-0.4, -0.2) is 23.2 Å². The lowest BCUT2D eigenvalue weighted by Crippen LogP contribution is -2.14. The Morgan fingerprint density at radius 3 is 2.77 bits per heavy atom. The van der Waals surface area contributed by atoms with Gasteiger partial charge in [0, 0.05) is 10.9 Å². The number of ether oxygens (including phenoxy) is 1. The molecule has 0 atom stereocenters. The molecule has 0 aliphatic rings. The Labute approximate surface area is 130 Å². The van der Waals surface area contributed by atoms with Crippen LogP contribution in [-0.2, 0) is 11.2 Å². The Bertz CT molecular complexity index is 751. The SMILES string of the molecule is COc1ccc(CC(=O)Nc2nnc(-c3ccsc3)o2)cc1. The molecule has 0 unspecified atom stereocenters. The van der Waals surface area contributed by atoms with E-state index in [1.165, 1.54) is 11.3 Å². The van der Waals surface area contributed by atoms with Gasteiger partial charge in [0.05, 0.1) is 13.5 Å². The van der Waals surface area contributed by atoms with Crippen LogP contribution in [0.25, 0.3) is 11.5 Å². The van der Waals surface area contributed by atoms with E-state index >= 15 is 0 Å². The Balaban J connectivity index is 1.61. The van der Waals surface area contributed by atoms with Gasteiger partial charge in [-0.05, 0) is 29.1 Å². The van der Waals surface area contributed by atoms with Crippen LogP contribution in [0.15, 0.2) is 45.5 Å². The first kappa shape index (κ1) is 14.3. The van der Waals surface area contributed by atoms with Crippen LogP contribution < -0.4 is 10.1 Å². The number of carbonyl (C=O) groups excluding carboxylic acids is 1. The van der Waals surface area contributed by atoms with Crippen LogP contribution in [0, 0.1) is 0 Å². The number of nitrogens with one attached hydrogen (secondary N) is 1. The zero-order chi connectivity index (χ0) is 15.4. The third-order valence-corrected chi connectivity index (χ3v) is 3.65. The van der Waals surface area contributed by atoms with Gasteiger partial charge in [0.2, 0.25) is 5.91 Å². The number of rotatable bonds is 5. The normalized spacial score (nSPS) is 10.4. The van der Waals surface area contributed by atoms with E-state index in [1.807, 2.05) is 41.1 Å². The Kier molecular flexibility index (Phi) is 4.15. The lowest BCUT2D eigenvalue weighted by molar-refractivity contribution is -0.115. The molecule has 112 valence electrons. The molecule has 3 rings (SSSR count).